The summed E-state index contributed by atoms with van der Waals surface area (Å²) < 4.78 is 0. The molecular formula is C12H22Si. The molecule has 0 bridgehead atoms. The summed E-state index contributed by atoms with van der Waals surface area (Å²) in [5.41, 5.74) is 4.79. The van der Waals surface area contributed by atoms with E-state index in [2.05, 4.69) is 46.5 Å². The average Bonchev–Trinajstić information content (AvgIpc) is 2.15. The van der Waals surface area contributed by atoms with E-state index in [4.69, 9.17) is 0 Å². The van der Waals surface area contributed by atoms with E-state index in [0.29, 0.717) is 5.92 Å². The molecule has 1 atom stereocenters. The zero-order valence-electron chi connectivity index (χ0n) is 9.86. The van der Waals surface area contributed by atoms with Crippen LogP contribution < -0.4 is 0 Å². The third-order valence-electron chi connectivity index (χ3n) is 2.96. The van der Waals surface area contributed by atoms with Crippen LogP contribution in [0.4, 0.5) is 0 Å². The highest BCUT2D eigenvalue weighted by molar-refractivity contribution is 6.76. The Labute approximate surface area is 83.7 Å². The molecule has 1 aliphatic carbocycles. The number of rotatable bonds is 2. The SMILES string of the molecule is CC1=CC(C[Si](C)(C)C)=C(C)C1C. The van der Waals surface area contributed by atoms with E-state index in [-0.39, 0.29) is 0 Å². The predicted octanol–water partition coefficient (Wildman–Crippen LogP) is 4.24. The van der Waals surface area contributed by atoms with Gasteiger partial charge in [-0.3, -0.25) is 0 Å². The van der Waals surface area contributed by atoms with Crippen LogP contribution in [0.3, 0.4) is 0 Å². The molecule has 0 aromatic carbocycles. The highest BCUT2D eigenvalue weighted by Crippen LogP contribution is 2.34. The van der Waals surface area contributed by atoms with Crippen molar-refractivity contribution in [1.82, 2.24) is 0 Å². The Morgan fingerprint density at radius 1 is 1.23 bits per heavy atom. The van der Waals surface area contributed by atoms with Gasteiger partial charge in [0.1, 0.15) is 0 Å². The monoisotopic (exact) mass is 194 g/mol. The van der Waals surface area contributed by atoms with E-state index in [1.807, 2.05) is 0 Å². The quantitative estimate of drug-likeness (QED) is 0.577. The molecule has 1 heteroatoms. The topological polar surface area (TPSA) is 0 Å². The lowest BCUT2D eigenvalue weighted by Crippen LogP contribution is -2.19. The van der Waals surface area contributed by atoms with Crippen molar-refractivity contribution < 1.29 is 0 Å². The van der Waals surface area contributed by atoms with Gasteiger partial charge in [0, 0.05) is 8.07 Å². The molecule has 0 aromatic heterocycles. The molecule has 0 spiro atoms. The van der Waals surface area contributed by atoms with Crippen LogP contribution in [0.25, 0.3) is 0 Å². The van der Waals surface area contributed by atoms with Crippen molar-refractivity contribution in [2.24, 2.45) is 5.92 Å². The van der Waals surface area contributed by atoms with E-state index in [9.17, 15) is 0 Å². The summed E-state index contributed by atoms with van der Waals surface area (Å²) in [7, 11) is -0.926. The van der Waals surface area contributed by atoms with Gasteiger partial charge in [-0.2, -0.15) is 0 Å². The molecule has 0 nitrogen and oxygen atoms in total. The molecule has 0 amide bonds. The average molecular weight is 194 g/mol. The fourth-order valence-electron chi connectivity index (χ4n) is 1.90. The van der Waals surface area contributed by atoms with Crippen molar-refractivity contribution in [3.05, 3.63) is 22.8 Å². The summed E-state index contributed by atoms with van der Waals surface area (Å²) >= 11 is 0. The maximum absolute atomic E-state index is 2.44. The molecule has 0 aliphatic heterocycles. The highest BCUT2D eigenvalue weighted by atomic mass is 28.3. The Morgan fingerprint density at radius 3 is 2.08 bits per heavy atom. The molecule has 13 heavy (non-hydrogen) atoms. The van der Waals surface area contributed by atoms with Crippen molar-refractivity contribution in [3.8, 4) is 0 Å². The van der Waals surface area contributed by atoms with Crippen LogP contribution in [0.15, 0.2) is 22.8 Å². The second kappa shape index (κ2) is 3.45. The first kappa shape index (κ1) is 10.8. The third-order valence-corrected chi connectivity index (χ3v) is 4.40. The molecule has 1 rings (SSSR count). The Hall–Kier alpha value is -0.303. The van der Waals surface area contributed by atoms with Gasteiger partial charge in [0.05, 0.1) is 0 Å². The van der Waals surface area contributed by atoms with Gasteiger partial charge >= 0.3 is 0 Å². The van der Waals surface area contributed by atoms with Gasteiger partial charge in [0.25, 0.3) is 0 Å². The van der Waals surface area contributed by atoms with Gasteiger partial charge < -0.3 is 0 Å². The standard InChI is InChI=1S/C12H22Si/c1-9-7-12(8-13(4,5)6)11(3)10(9)2/h7,10H,8H2,1-6H3. The van der Waals surface area contributed by atoms with Crippen molar-refractivity contribution in [1.29, 1.82) is 0 Å². The normalized spacial score (nSPS) is 23.8. The van der Waals surface area contributed by atoms with Crippen molar-refractivity contribution in [2.45, 2.75) is 46.5 Å². The molecule has 0 heterocycles. The number of hydrogen-bond donors (Lipinski definition) is 0. The second-order valence-electron chi connectivity index (χ2n) is 5.56. The number of hydrogen-bond acceptors (Lipinski definition) is 0. The lowest BCUT2D eigenvalue weighted by Gasteiger charge is -2.17. The minimum absolute atomic E-state index is 0.700. The Balaban J connectivity index is 2.82. The van der Waals surface area contributed by atoms with Crippen molar-refractivity contribution in [2.75, 3.05) is 0 Å². The van der Waals surface area contributed by atoms with Gasteiger partial charge in [-0.25, -0.2) is 0 Å². The van der Waals surface area contributed by atoms with E-state index >= 15 is 0 Å². The summed E-state index contributed by atoms with van der Waals surface area (Å²) in [5, 5.41) is 0. The van der Waals surface area contributed by atoms with Crippen LogP contribution in [0.1, 0.15) is 20.8 Å². The first-order valence-corrected chi connectivity index (χ1v) is 8.90. The van der Waals surface area contributed by atoms with Crippen LogP contribution in [-0.4, -0.2) is 8.07 Å². The van der Waals surface area contributed by atoms with E-state index < -0.39 is 8.07 Å². The molecule has 1 unspecified atom stereocenters. The molecule has 1 aliphatic rings. The molecule has 0 N–H and O–H groups in total. The molecule has 0 aromatic rings. The van der Waals surface area contributed by atoms with Crippen LogP contribution in [0.5, 0.6) is 0 Å². The zero-order chi connectivity index (χ0) is 10.2. The Kier molecular flexibility index (Phi) is 2.86. The fraction of sp³-hybridized carbons (Fsp3) is 0.667. The summed E-state index contributed by atoms with van der Waals surface area (Å²) in [6.45, 7) is 14.2. The van der Waals surface area contributed by atoms with Gasteiger partial charge in [0.15, 0.2) is 0 Å². The fourth-order valence-corrected chi connectivity index (χ4v) is 3.42. The minimum Gasteiger partial charge on any atom is -0.0693 e. The minimum atomic E-state index is -0.926. The van der Waals surface area contributed by atoms with Crippen LogP contribution in [-0.2, 0) is 0 Å². The maximum atomic E-state index is 2.44. The molecule has 0 fully saturated rings. The van der Waals surface area contributed by atoms with Gasteiger partial charge in [-0.1, -0.05) is 49.4 Å². The lowest BCUT2D eigenvalue weighted by atomic mass is 10.0. The van der Waals surface area contributed by atoms with Gasteiger partial charge in [0.2, 0.25) is 0 Å². The van der Waals surface area contributed by atoms with E-state index in [1.165, 1.54) is 6.04 Å². The summed E-state index contributed by atoms with van der Waals surface area (Å²) in [5.74, 6) is 0.700. The molecule has 0 saturated carbocycles. The molecular weight excluding hydrogens is 172 g/mol. The van der Waals surface area contributed by atoms with Crippen LogP contribution >= 0.6 is 0 Å². The number of allylic oxidation sites excluding steroid dienone is 4. The summed E-state index contributed by atoms with van der Waals surface area (Å²) in [6, 6.07) is 1.35. The lowest BCUT2D eigenvalue weighted by molar-refractivity contribution is 0.817. The molecule has 0 radical (unpaired) electrons. The van der Waals surface area contributed by atoms with E-state index in [0.717, 1.165) is 0 Å². The van der Waals surface area contributed by atoms with Crippen molar-refractivity contribution in [3.63, 3.8) is 0 Å². The predicted molar refractivity (Wildman–Crippen MR) is 63.8 cm³/mol. The molecule has 74 valence electrons. The van der Waals surface area contributed by atoms with Gasteiger partial charge in [-0.05, 0) is 25.8 Å². The van der Waals surface area contributed by atoms with Gasteiger partial charge in [-0.15, -0.1) is 0 Å². The second-order valence-corrected chi connectivity index (χ2v) is 11.0. The van der Waals surface area contributed by atoms with Crippen LogP contribution in [0.2, 0.25) is 25.7 Å². The van der Waals surface area contributed by atoms with E-state index in [1.54, 1.807) is 16.7 Å². The first-order chi connectivity index (χ1) is 5.81. The Morgan fingerprint density at radius 2 is 1.77 bits per heavy atom. The zero-order valence-corrected chi connectivity index (χ0v) is 10.9. The van der Waals surface area contributed by atoms with Crippen LogP contribution in [0, 0.1) is 5.92 Å². The molecule has 0 saturated heterocycles. The Bertz CT molecular complexity index is 263. The largest absolute Gasteiger partial charge is 0.0693 e. The third kappa shape index (κ3) is 2.57. The maximum Gasteiger partial charge on any atom is 0.0487 e. The summed E-state index contributed by atoms with van der Waals surface area (Å²) in [4.78, 5) is 0. The first-order valence-electron chi connectivity index (χ1n) is 5.19. The summed E-state index contributed by atoms with van der Waals surface area (Å²) in [6.07, 6.45) is 2.41. The highest BCUT2D eigenvalue weighted by Gasteiger charge is 2.22. The van der Waals surface area contributed by atoms with Crippen molar-refractivity contribution >= 4 is 8.07 Å². The smallest absolute Gasteiger partial charge is 0.0487 e.